The molecule has 2 aromatic rings. The third-order valence-electron chi connectivity index (χ3n) is 2.30. The molecule has 9 heteroatoms. The average molecular weight is 288 g/mol. The Hall–Kier alpha value is -1.29. The molecule has 0 spiro atoms. The van der Waals surface area contributed by atoms with Crippen LogP contribution in [0, 0.1) is 0 Å². The van der Waals surface area contributed by atoms with E-state index in [1.165, 1.54) is 31.8 Å². The third-order valence-corrected chi connectivity index (χ3v) is 4.81. The highest BCUT2D eigenvalue weighted by atomic mass is 32.2. The van der Waals surface area contributed by atoms with E-state index in [0.717, 1.165) is 9.18 Å². The molecule has 0 fully saturated rings. The molecule has 0 unspecified atom stereocenters. The van der Waals surface area contributed by atoms with Gasteiger partial charge in [0.05, 0.1) is 11.7 Å². The van der Waals surface area contributed by atoms with Crippen molar-refractivity contribution in [3.63, 3.8) is 0 Å². The first-order chi connectivity index (χ1) is 8.40. The summed E-state index contributed by atoms with van der Waals surface area (Å²) in [5.74, 6) is 0. The molecule has 0 aromatic carbocycles. The highest BCUT2D eigenvalue weighted by Crippen LogP contribution is 2.20. The summed E-state index contributed by atoms with van der Waals surface area (Å²) >= 11 is 1.29. The van der Waals surface area contributed by atoms with E-state index >= 15 is 0 Å². The Bertz CT molecular complexity index is 717. The molecule has 0 saturated heterocycles. The topological polar surface area (TPSA) is 95.2 Å². The number of hydrogen-bond acceptors (Lipinski definition) is 5. The summed E-state index contributed by atoms with van der Waals surface area (Å²) in [7, 11) is -0.572. The van der Waals surface area contributed by atoms with Gasteiger partial charge in [-0.3, -0.25) is 4.79 Å². The molecule has 0 radical (unpaired) electrons. The molecule has 0 aliphatic heterocycles. The lowest BCUT2D eigenvalue weighted by molar-refractivity contribution is 0.505. The molecule has 7 nitrogen and oxygen atoms in total. The number of rotatable bonds is 4. The molecule has 2 rings (SSSR count). The fraction of sp³-hybridized carbons (Fsp3) is 0.333. The molecule has 2 N–H and O–H groups in total. The lowest BCUT2D eigenvalue weighted by Crippen LogP contribution is -2.34. The second kappa shape index (κ2) is 4.76. The molecule has 0 aliphatic rings. The van der Waals surface area contributed by atoms with Gasteiger partial charge in [0.15, 0.2) is 0 Å². The molecule has 0 atom stereocenters. The number of hydrogen-bond donors (Lipinski definition) is 2. The van der Waals surface area contributed by atoms with E-state index in [2.05, 4.69) is 14.7 Å². The van der Waals surface area contributed by atoms with E-state index in [4.69, 9.17) is 0 Å². The van der Waals surface area contributed by atoms with E-state index in [-0.39, 0.29) is 12.1 Å². The molecule has 0 saturated carbocycles. The molecule has 2 aromatic heterocycles. The van der Waals surface area contributed by atoms with Gasteiger partial charge in [-0.05, 0) is 6.07 Å². The molecule has 0 bridgehead atoms. The van der Waals surface area contributed by atoms with E-state index in [1.54, 1.807) is 6.07 Å². The van der Waals surface area contributed by atoms with Crippen LogP contribution in [0.15, 0.2) is 17.2 Å². The fourth-order valence-corrected chi connectivity index (χ4v) is 2.92. The molecule has 0 amide bonds. The Morgan fingerprint density at radius 1 is 1.50 bits per heavy atom. The highest BCUT2D eigenvalue weighted by Gasteiger charge is 2.13. The Kier molecular flexibility index (Phi) is 3.48. The lowest BCUT2D eigenvalue weighted by Gasteiger charge is -2.11. The van der Waals surface area contributed by atoms with Crippen molar-refractivity contribution in [1.29, 1.82) is 0 Å². The van der Waals surface area contributed by atoms with E-state index in [1.807, 2.05) is 0 Å². The zero-order valence-corrected chi connectivity index (χ0v) is 11.4. The summed E-state index contributed by atoms with van der Waals surface area (Å²) in [5.41, 5.74) is -0.224. The number of nitrogens with zero attached hydrogens (tertiary/aromatic N) is 2. The van der Waals surface area contributed by atoms with E-state index < -0.39 is 10.2 Å². The molecular weight excluding hydrogens is 276 g/mol. The van der Waals surface area contributed by atoms with Crippen molar-refractivity contribution >= 4 is 31.8 Å². The summed E-state index contributed by atoms with van der Waals surface area (Å²) in [5, 5.41) is 0.474. The smallest absolute Gasteiger partial charge is 0.279 e. The van der Waals surface area contributed by atoms with E-state index in [9.17, 15) is 13.2 Å². The number of aromatic nitrogens is 2. The van der Waals surface area contributed by atoms with Crippen LogP contribution in [-0.4, -0.2) is 36.8 Å². The first kappa shape index (κ1) is 13.1. The second-order valence-corrected chi connectivity index (χ2v) is 6.86. The minimum absolute atomic E-state index is 0.140. The van der Waals surface area contributed by atoms with Crippen molar-refractivity contribution in [3.05, 3.63) is 27.6 Å². The number of H-pyrrole nitrogens is 1. The molecule has 98 valence electrons. The van der Waals surface area contributed by atoms with Gasteiger partial charge in [0.25, 0.3) is 15.8 Å². The first-order valence-electron chi connectivity index (χ1n) is 5.03. The zero-order chi connectivity index (χ0) is 13.3. The van der Waals surface area contributed by atoms with Crippen LogP contribution in [0.4, 0.5) is 0 Å². The van der Waals surface area contributed by atoms with Crippen LogP contribution in [0.25, 0.3) is 10.2 Å². The van der Waals surface area contributed by atoms with Crippen molar-refractivity contribution < 1.29 is 8.42 Å². The average Bonchev–Trinajstić information content (AvgIpc) is 2.71. The SMILES string of the molecule is CN(C)S(=O)(=O)NCc1cc2c(=O)[nH]cnc2s1. The largest absolute Gasteiger partial charge is 0.313 e. The van der Waals surface area contributed by atoms with Crippen molar-refractivity contribution in [1.82, 2.24) is 19.0 Å². The van der Waals surface area contributed by atoms with Gasteiger partial charge in [-0.1, -0.05) is 0 Å². The van der Waals surface area contributed by atoms with Crippen molar-refractivity contribution in [2.24, 2.45) is 0 Å². The van der Waals surface area contributed by atoms with Crippen LogP contribution in [0.3, 0.4) is 0 Å². The quantitative estimate of drug-likeness (QED) is 0.820. The van der Waals surface area contributed by atoms with Crippen molar-refractivity contribution in [2.45, 2.75) is 6.54 Å². The molecule has 0 aliphatic carbocycles. The van der Waals surface area contributed by atoms with Crippen LogP contribution < -0.4 is 10.3 Å². The van der Waals surface area contributed by atoms with Crippen molar-refractivity contribution in [3.8, 4) is 0 Å². The lowest BCUT2D eigenvalue weighted by atomic mass is 10.3. The number of aromatic amines is 1. The molecule has 2 heterocycles. The van der Waals surface area contributed by atoms with Gasteiger partial charge >= 0.3 is 0 Å². The molecular formula is C9H12N4O3S2. The van der Waals surface area contributed by atoms with Gasteiger partial charge in [0.1, 0.15) is 4.83 Å². The highest BCUT2D eigenvalue weighted by molar-refractivity contribution is 7.87. The van der Waals surface area contributed by atoms with Crippen LogP contribution >= 0.6 is 11.3 Å². The maximum Gasteiger partial charge on any atom is 0.279 e. The van der Waals surface area contributed by atoms with Crippen LogP contribution in [0.1, 0.15) is 4.88 Å². The summed E-state index contributed by atoms with van der Waals surface area (Å²) in [6.07, 6.45) is 1.33. The van der Waals surface area contributed by atoms with Crippen LogP contribution in [0.2, 0.25) is 0 Å². The van der Waals surface area contributed by atoms with Gasteiger partial charge in [-0.25, -0.2) is 4.98 Å². The Labute approximate surface area is 108 Å². The second-order valence-electron chi connectivity index (χ2n) is 3.77. The van der Waals surface area contributed by atoms with Crippen LogP contribution in [-0.2, 0) is 16.8 Å². The van der Waals surface area contributed by atoms with E-state index in [0.29, 0.717) is 10.2 Å². The van der Waals surface area contributed by atoms with Gasteiger partial charge in [0.2, 0.25) is 0 Å². The first-order valence-corrected chi connectivity index (χ1v) is 7.29. The maximum atomic E-state index is 11.5. The summed E-state index contributed by atoms with van der Waals surface area (Å²) in [6.45, 7) is 0.140. The standard InChI is InChI=1S/C9H12N4O3S2/c1-13(2)18(15,16)12-4-6-3-7-8(14)10-5-11-9(7)17-6/h3,5,12H,4H2,1-2H3,(H,10,11,14). The predicted molar refractivity (Wildman–Crippen MR) is 69.7 cm³/mol. The maximum absolute atomic E-state index is 11.5. The van der Waals surface area contributed by atoms with Crippen LogP contribution in [0.5, 0.6) is 0 Å². The fourth-order valence-electron chi connectivity index (χ4n) is 1.30. The minimum atomic E-state index is -3.46. The summed E-state index contributed by atoms with van der Waals surface area (Å²) in [4.78, 5) is 19.3. The number of thiophene rings is 1. The Morgan fingerprint density at radius 3 is 2.83 bits per heavy atom. The predicted octanol–water partition coefficient (Wildman–Crippen LogP) is -0.119. The van der Waals surface area contributed by atoms with Gasteiger partial charge in [-0.15, -0.1) is 11.3 Å². The van der Waals surface area contributed by atoms with Gasteiger partial charge in [-0.2, -0.15) is 17.4 Å². The third kappa shape index (κ3) is 2.58. The minimum Gasteiger partial charge on any atom is -0.313 e. The summed E-state index contributed by atoms with van der Waals surface area (Å²) < 4.78 is 26.6. The Balaban J connectivity index is 2.24. The Morgan fingerprint density at radius 2 is 2.22 bits per heavy atom. The van der Waals surface area contributed by atoms with Crippen molar-refractivity contribution in [2.75, 3.05) is 14.1 Å². The summed E-state index contributed by atoms with van der Waals surface area (Å²) in [6, 6.07) is 1.64. The number of fused-ring (bicyclic) bond motifs is 1. The van der Waals surface area contributed by atoms with Gasteiger partial charge in [0, 0.05) is 25.5 Å². The monoisotopic (exact) mass is 288 g/mol. The number of nitrogens with one attached hydrogen (secondary N) is 2. The normalized spacial score (nSPS) is 12.4. The zero-order valence-electron chi connectivity index (χ0n) is 9.80. The molecule has 18 heavy (non-hydrogen) atoms. The van der Waals surface area contributed by atoms with Gasteiger partial charge < -0.3 is 4.98 Å².